The highest BCUT2D eigenvalue weighted by Crippen LogP contribution is 2.24. The maximum atomic E-state index is 13.7. The lowest BCUT2D eigenvalue weighted by Crippen LogP contribution is -2.44. The van der Waals surface area contributed by atoms with Gasteiger partial charge in [-0.1, -0.05) is 0 Å². The summed E-state index contributed by atoms with van der Waals surface area (Å²) in [6, 6.07) is 3.25. The lowest BCUT2D eigenvalue weighted by atomic mass is 10.2. The summed E-state index contributed by atoms with van der Waals surface area (Å²) in [5.74, 6) is -0.784. The summed E-state index contributed by atoms with van der Waals surface area (Å²) in [6.45, 7) is 3.63. The highest BCUT2D eigenvalue weighted by molar-refractivity contribution is 5.76. The summed E-state index contributed by atoms with van der Waals surface area (Å²) < 4.78 is 37.6. The third-order valence-electron chi connectivity index (χ3n) is 3.90. The molecule has 0 saturated carbocycles. The molecular formula is C17H18F2N2O3. The van der Waals surface area contributed by atoms with Crippen LogP contribution in [-0.2, 0) is 16.0 Å². The monoisotopic (exact) mass is 336 g/mol. The molecular weight excluding hydrogens is 318 g/mol. The Balaban J connectivity index is 1.61. The van der Waals surface area contributed by atoms with Crippen LogP contribution >= 0.6 is 0 Å². The number of aryl methyl sites for hydroxylation is 1. The molecule has 128 valence electrons. The van der Waals surface area contributed by atoms with Crippen LogP contribution in [0.1, 0.15) is 19.2 Å². The highest BCUT2D eigenvalue weighted by Gasteiger charge is 2.21. The molecule has 3 rings (SSSR count). The van der Waals surface area contributed by atoms with Gasteiger partial charge in [0.25, 0.3) is 0 Å². The van der Waals surface area contributed by atoms with Gasteiger partial charge >= 0.3 is 0 Å². The largest absolute Gasteiger partial charge is 0.441 e. The van der Waals surface area contributed by atoms with Gasteiger partial charge < -0.3 is 14.1 Å². The van der Waals surface area contributed by atoms with Crippen molar-refractivity contribution in [1.82, 2.24) is 9.88 Å². The highest BCUT2D eigenvalue weighted by atomic mass is 19.1. The van der Waals surface area contributed by atoms with Crippen molar-refractivity contribution in [3.63, 3.8) is 0 Å². The van der Waals surface area contributed by atoms with Gasteiger partial charge in [-0.05, 0) is 19.1 Å². The van der Waals surface area contributed by atoms with Gasteiger partial charge in [-0.15, -0.1) is 0 Å². The number of aromatic nitrogens is 1. The van der Waals surface area contributed by atoms with Crippen LogP contribution in [0.3, 0.4) is 0 Å². The number of nitrogens with zero attached hydrogens (tertiary/aromatic N) is 2. The SMILES string of the molecule is CC1CN(C(=O)CCc2ncc(-c3ccc(F)cc3F)o2)CCO1. The van der Waals surface area contributed by atoms with Gasteiger partial charge in [0.1, 0.15) is 11.6 Å². The van der Waals surface area contributed by atoms with Crippen molar-refractivity contribution in [1.29, 1.82) is 0 Å². The molecule has 1 amide bonds. The van der Waals surface area contributed by atoms with Crippen LogP contribution in [0.4, 0.5) is 8.78 Å². The Morgan fingerprint density at radius 1 is 1.42 bits per heavy atom. The maximum absolute atomic E-state index is 13.7. The van der Waals surface area contributed by atoms with Gasteiger partial charge in [0.05, 0.1) is 24.5 Å². The van der Waals surface area contributed by atoms with Gasteiger partial charge in [0.15, 0.2) is 11.7 Å². The minimum absolute atomic E-state index is 0.0119. The van der Waals surface area contributed by atoms with Crippen LogP contribution < -0.4 is 0 Å². The zero-order chi connectivity index (χ0) is 17.1. The van der Waals surface area contributed by atoms with Crippen molar-refractivity contribution in [2.75, 3.05) is 19.7 Å². The molecule has 2 aromatic rings. The van der Waals surface area contributed by atoms with Crippen LogP contribution in [0.2, 0.25) is 0 Å². The molecule has 1 aliphatic rings. The summed E-state index contributed by atoms with van der Waals surface area (Å²) in [5.41, 5.74) is 0.142. The molecule has 0 spiro atoms. The fourth-order valence-corrected chi connectivity index (χ4v) is 2.66. The average Bonchev–Trinajstić information content (AvgIpc) is 3.01. The summed E-state index contributed by atoms with van der Waals surface area (Å²) in [5, 5.41) is 0. The standard InChI is InChI=1S/C17H18F2N2O3/c1-11-10-21(6-7-23-11)17(22)5-4-16-20-9-15(24-16)13-3-2-12(18)8-14(13)19/h2-3,8-9,11H,4-7,10H2,1H3. The zero-order valence-corrected chi connectivity index (χ0v) is 13.3. The van der Waals surface area contributed by atoms with E-state index < -0.39 is 11.6 Å². The molecule has 0 N–H and O–H groups in total. The van der Waals surface area contributed by atoms with Gasteiger partial charge in [0, 0.05) is 32.0 Å². The van der Waals surface area contributed by atoms with E-state index in [0.29, 0.717) is 32.0 Å². The van der Waals surface area contributed by atoms with Crippen LogP contribution in [-0.4, -0.2) is 41.6 Å². The number of hydrogen-bond donors (Lipinski definition) is 0. The fraction of sp³-hybridized carbons (Fsp3) is 0.412. The van der Waals surface area contributed by atoms with E-state index in [-0.39, 0.29) is 29.8 Å². The first kappa shape index (κ1) is 16.6. The van der Waals surface area contributed by atoms with E-state index in [2.05, 4.69) is 4.98 Å². The second kappa shape index (κ2) is 7.09. The Kier molecular flexibility index (Phi) is 4.89. The number of oxazole rings is 1. The predicted molar refractivity (Wildman–Crippen MR) is 82.2 cm³/mol. The minimum atomic E-state index is -0.712. The minimum Gasteiger partial charge on any atom is -0.441 e. The van der Waals surface area contributed by atoms with Gasteiger partial charge in [-0.2, -0.15) is 0 Å². The first-order valence-electron chi connectivity index (χ1n) is 7.82. The van der Waals surface area contributed by atoms with Crippen molar-refractivity contribution < 1.29 is 22.7 Å². The van der Waals surface area contributed by atoms with Gasteiger partial charge in [-0.3, -0.25) is 4.79 Å². The number of morpholine rings is 1. The maximum Gasteiger partial charge on any atom is 0.223 e. The molecule has 1 saturated heterocycles. The molecule has 0 bridgehead atoms. The molecule has 1 fully saturated rings. The zero-order valence-electron chi connectivity index (χ0n) is 13.3. The van der Waals surface area contributed by atoms with E-state index in [1.54, 1.807) is 4.90 Å². The molecule has 2 heterocycles. The second-order valence-corrected chi connectivity index (χ2v) is 5.76. The summed E-state index contributed by atoms with van der Waals surface area (Å²) in [4.78, 5) is 18.0. The third-order valence-corrected chi connectivity index (χ3v) is 3.90. The number of rotatable bonds is 4. The quantitative estimate of drug-likeness (QED) is 0.861. The van der Waals surface area contributed by atoms with E-state index in [4.69, 9.17) is 9.15 Å². The van der Waals surface area contributed by atoms with E-state index >= 15 is 0 Å². The van der Waals surface area contributed by atoms with Crippen molar-refractivity contribution in [2.45, 2.75) is 25.9 Å². The van der Waals surface area contributed by atoms with Crippen LogP contribution in [0, 0.1) is 11.6 Å². The molecule has 5 nitrogen and oxygen atoms in total. The Morgan fingerprint density at radius 3 is 3.00 bits per heavy atom. The van der Waals surface area contributed by atoms with Crippen molar-refractivity contribution in [3.8, 4) is 11.3 Å². The number of amides is 1. The number of ether oxygens (including phenoxy) is 1. The van der Waals surface area contributed by atoms with Gasteiger partial charge in [-0.25, -0.2) is 13.8 Å². The van der Waals surface area contributed by atoms with Gasteiger partial charge in [0.2, 0.25) is 5.91 Å². The lowest BCUT2D eigenvalue weighted by Gasteiger charge is -2.31. The Hall–Kier alpha value is -2.28. The summed E-state index contributed by atoms with van der Waals surface area (Å²) >= 11 is 0. The molecule has 1 unspecified atom stereocenters. The Bertz CT molecular complexity index is 732. The number of carbonyl (C=O) groups is 1. The number of benzene rings is 1. The molecule has 0 radical (unpaired) electrons. The molecule has 1 aromatic heterocycles. The Labute approximate surface area is 138 Å². The predicted octanol–water partition coefficient (Wildman–Crippen LogP) is 2.80. The molecule has 24 heavy (non-hydrogen) atoms. The summed E-state index contributed by atoms with van der Waals surface area (Å²) in [7, 11) is 0. The van der Waals surface area contributed by atoms with E-state index in [1.165, 1.54) is 12.3 Å². The lowest BCUT2D eigenvalue weighted by molar-refractivity contribution is -0.138. The van der Waals surface area contributed by atoms with E-state index in [0.717, 1.165) is 12.1 Å². The van der Waals surface area contributed by atoms with Crippen LogP contribution in [0.25, 0.3) is 11.3 Å². The van der Waals surface area contributed by atoms with Crippen LogP contribution in [0.5, 0.6) is 0 Å². The van der Waals surface area contributed by atoms with E-state index in [9.17, 15) is 13.6 Å². The molecule has 1 atom stereocenters. The van der Waals surface area contributed by atoms with E-state index in [1.807, 2.05) is 6.92 Å². The molecule has 1 aliphatic heterocycles. The molecule has 0 aliphatic carbocycles. The summed E-state index contributed by atoms with van der Waals surface area (Å²) in [6.07, 6.45) is 2.01. The van der Waals surface area contributed by atoms with Crippen molar-refractivity contribution in [2.24, 2.45) is 0 Å². The number of halogens is 2. The van der Waals surface area contributed by atoms with Crippen molar-refractivity contribution >= 4 is 5.91 Å². The van der Waals surface area contributed by atoms with Crippen LogP contribution in [0.15, 0.2) is 28.8 Å². The number of hydrogen-bond acceptors (Lipinski definition) is 4. The third kappa shape index (κ3) is 3.79. The molecule has 7 heteroatoms. The first-order chi connectivity index (χ1) is 11.5. The fourth-order valence-electron chi connectivity index (χ4n) is 2.66. The Morgan fingerprint density at radius 2 is 2.25 bits per heavy atom. The van der Waals surface area contributed by atoms with Crippen molar-refractivity contribution in [3.05, 3.63) is 41.9 Å². The first-order valence-corrected chi connectivity index (χ1v) is 7.82. The second-order valence-electron chi connectivity index (χ2n) is 5.76. The molecule has 1 aromatic carbocycles. The average molecular weight is 336 g/mol. The smallest absolute Gasteiger partial charge is 0.223 e. The topological polar surface area (TPSA) is 55.6 Å². The number of carbonyl (C=O) groups excluding carboxylic acids is 1. The normalized spacial score (nSPS) is 18.0.